The SMILES string of the molecule is Cc1occc1C(=O)Nc1nc(CC(=O)Nc2ccc(C(C)C)cc2)cs1. The Labute approximate surface area is 161 Å². The minimum Gasteiger partial charge on any atom is -0.469 e. The summed E-state index contributed by atoms with van der Waals surface area (Å²) in [6, 6.07) is 9.42. The number of carbonyl (C=O) groups is 2. The van der Waals surface area contributed by atoms with Crippen LogP contribution in [0.2, 0.25) is 0 Å². The maximum absolute atomic E-state index is 12.2. The third-order valence-corrected chi connectivity index (χ3v) is 4.88. The lowest BCUT2D eigenvalue weighted by Crippen LogP contribution is -2.15. The molecule has 0 saturated carbocycles. The van der Waals surface area contributed by atoms with Crippen LogP contribution in [0.4, 0.5) is 10.8 Å². The topological polar surface area (TPSA) is 84.2 Å². The number of nitrogens with zero attached hydrogens (tertiary/aromatic N) is 1. The first-order valence-corrected chi connectivity index (χ1v) is 9.50. The average Bonchev–Trinajstić information content (AvgIpc) is 3.24. The van der Waals surface area contributed by atoms with Gasteiger partial charge >= 0.3 is 0 Å². The van der Waals surface area contributed by atoms with Crippen molar-refractivity contribution in [2.24, 2.45) is 0 Å². The van der Waals surface area contributed by atoms with E-state index in [1.165, 1.54) is 23.2 Å². The number of hydrogen-bond acceptors (Lipinski definition) is 5. The first-order chi connectivity index (χ1) is 12.9. The van der Waals surface area contributed by atoms with E-state index in [-0.39, 0.29) is 18.2 Å². The molecule has 0 aliphatic carbocycles. The zero-order valence-electron chi connectivity index (χ0n) is 15.4. The molecule has 2 heterocycles. The van der Waals surface area contributed by atoms with Crippen molar-refractivity contribution in [1.82, 2.24) is 4.98 Å². The van der Waals surface area contributed by atoms with Crippen LogP contribution in [0.25, 0.3) is 0 Å². The lowest BCUT2D eigenvalue weighted by Gasteiger charge is -2.08. The number of carbonyl (C=O) groups excluding carboxylic acids is 2. The summed E-state index contributed by atoms with van der Waals surface area (Å²) in [7, 11) is 0. The lowest BCUT2D eigenvalue weighted by molar-refractivity contribution is -0.115. The normalized spacial score (nSPS) is 10.8. The van der Waals surface area contributed by atoms with Gasteiger partial charge in [0.1, 0.15) is 5.76 Å². The van der Waals surface area contributed by atoms with Gasteiger partial charge in [-0.15, -0.1) is 11.3 Å². The Morgan fingerprint density at radius 2 is 1.89 bits per heavy atom. The molecular weight excluding hydrogens is 362 g/mol. The van der Waals surface area contributed by atoms with Crippen LogP contribution in [0.15, 0.2) is 46.4 Å². The van der Waals surface area contributed by atoms with Crippen LogP contribution < -0.4 is 10.6 Å². The van der Waals surface area contributed by atoms with Gasteiger partial charge in [0.2, 0.25) is 5.91 Å². The highest BCUT2D eigenvalue weighted by Gasteiger charge is 2.14. The minimum atomic E-state index is -0.281. The van der Waals surface area contributed by atoms with E-state index in [0.29, 0.717) is 28.1 Å². The molecule has 0 bridgehead atoms. The monoisotopic (exact) mass is 383 g/mol. The number of furan rings is 1. The van der Waals surface area contributed by atoms with Gasteiger partial charge in [0.15, 0.2) is 5.13 Å². The highest BCUT2D eigenvalue weighted by Crippen LogP contribution is 2.20. The van der Waals surface area contributed by atoms with Gasteiger partial charge in [0.25, 0.3) is 5.91 Å². The van der Waals surface area contributed by atoms with Crippen LogP contribution in [0.3, 0.4) is 0 Å². The first-order valence-electron chi connectivity index (χ1n) is 8.62. The zero-order chi connectivity index (χ0) is 19.4. The summed E-state index contributed by atoms with van der Waals surface area (Å²) in [6.07, 6.45) is 1.61. The Balaban J connectivity index is 1.56. The number of anilines is 2. The Hall–Kier alpha value is -2.93. The van der Waals surface area contributed by atoms with Gasteiger partial charge in [0.05, 0.1) is 23.9 Å². The second-order valence-corrected chi connectivity index (χ2v) is 7.35. The van der Waals surface area contributed by atoms with Gasteiger partial charge in [0, 0.05) is 11.1 Å². The average molecular weight is 383 g/mol. The molecule has 140 valence electrons. The smallest absolute Gasteiger partial charge is 0.260 e. The van der Waals surface area contributed by atoms with Crippen LogP contribution in [-0.2, 0) is 11.2 Å². The van der Waals surface area contributed by atoms with Crippen molar-refractivity contribution in [2.75, 3.05) is 10.6 Å². The summed E-state index contributed by atoms with van der Waals surface area (Å²) in [6.45, 7) is 5.97. The second kappa shape index (κ2) is 8.18. The molecule has 0 spiro atoms. The molecule has 6 nitrogen and oxygen atoms in total. The fourth-order valence-electron chi connectivity index (χ4n) is 2.55. The number of thiazole rings is 1. The van der Waals surface area contributed by atoms with Crippen molar-refractivity contribution < 1.29 is 14.0 Å². The molecule has 27 heavy (non-hydrogen) atoms. The number of hydrogen-bond donors (Lipinski definition) is 2. The maximum atomic E-state index is 12.2. The maximum Gasteiger partial charge on any atom is 0.260 e. The van der Waals surface area contributed by atoms with Crippen molar-refractivity contribution in [3.63, 3.8) is 0 Å². The van der Waals surface area contributed by atoms with E-state index < -0.39 is 0 Å². The van der Waals surface area contributed by atoms with Crippen molar-refractivity contribution in [3.05, 3.63) is 64.6 Å². The standard InChI is InChI=1S/C20H21N3O3S/c1-12(2)14-4-6-15(7-5-14)21-18(24)10-16-11-27-20(22-16)23-19(25)17-8-9-26-13(17)3/h4-9,11-12H,10H2,1-3H3,(H,21,24)(H,22,23,25). The van der Waals surface area contributed by atoms with E-state index in [9.17, 15) is 9.59 Å². The molecule has 7 heteroatoms. The summed E-state index contributed by atoms with van der Waals surface area (Å²) < 4.78 is 5.13. The molecule has 0 aliphatic rings. The molecule has 0 radical (unpaired) electrons. The van der Waals surface area contributed by atoms with Gasteiger partial charge < -0.3 is 9.73 Å². The van der Waals surface area contributed by atoms with Crippen molar-refractivity contribution in [1.29, 1.82) is 0 Å². The number of amides is 2. The molecule has 0 unspecified atom stereocenters. The third kappa shape index (κ3) is 4.83. The predicted octanol–water partition coefficient (Wildman–Crippen LogP) is 4.60. The Kier molecular flexibility index (Phi) is 5.71. The molecule has 2 N–H and O–H groups in total. The number of nitrogens with one attached hydrogen (secondary N) is 2. The molecule has 3 rings (SSSR count). The van der Waals surface area contributed by atoms with Crippen LogP contribution in [0, 0.1) is 6.92 Å². The van der Waals surface area contributed by atoms with E-state index in [2.05, 4.69) is 29.5 Å². The minimum absolute atomic E-state index is 0.142. The van der Waals surface area contributed by atoms with E-state index in [4.69, 9.17) is 4.42 Å². The highest BCUT2D eigenvalue weighted by molar-refractivity contribution is 7.14. The summed E-state index contributed by atoms with van der Waals surface area (Å²) in [5.41, 5.74) is 3.05. The molecule has 2 aromatic heterocycles. The number of aromatic nitrogens is 1. The first kappa shape index (κ1) is 18.8. The van der Waals surface area contributed by atoms with E-state index in [1.54, 1.807) is 18.4 Å². The van der Waals surface area contributed by atoms with Gasteiger partial charge in [-0.2, -0.15) is 0 Å². The molecule has 0 atom stereocenters. The Bertz CT molecular complexity index is 942. The zero-order valence-corrected chi connectivity index (χ0v) is 16.2. The number of benzene rings is 1. The second-order valence-electron chi connectivity index (χ2n) is 6.49. The van der Waals surface area contributed by atoms with Crippen molar-refractivity contribution in [2.45, 2.75) is 33.1 Å². The van der Waals surface area contributed by atoms with Crippen LogP contribution in [0.1, 0.15) is 47.1 Å². The Morgan fingerprint density at radius 3 is 2.52 bits per heavy atom. The van der Waals surface area contributed by atoms with Gasteiger partial charge in [-0.1, -0.05) is 26.0 Å². The fraction of sp³-hybridized carbons (Fsp3) is 0.250. The van der Waals surface area contributed by atoms with Crippen LogP contribution in [-0.4, -0.2) is 16.8 Å². The largest absolute Gasteiger partial charge is 0.469 e. The van der Waals surface area contributed by atoms with Gasteiger partial charge in [-0.25, -0.2) is 4.98 Å². The summed E-state index contributed by atoms with van der Waals surface area (Å²) in [5.74, 6) is 0.564. The van der Waals surface area contributed by atoms with Gasteiger partial charge in [-0.3, -0.25) is 14.9 Å². The van der Waals surface area contributed by atoms with Crippen LogP contribution >= 0.6 is 11.3 Å². The number of rotatable bonds is 6. The number of aryl methyl sites for hydroxylation is 1. The van der Waals surface area contributed by atoms with Gasteiger partial charge in [-0.05, 0) is 36.6 Å². The summed E-state index contributed by atoms with van der Waals surface area (Å²) >= 11 is 1.28. The quantitative estimate of drug-likeness (QED) is 0.651. The lowest BCUT2D eigenvalue weighted by atomic mass is 10.0. The summed E-state index contributed by atoms with van der Waals surface area (Å²) in [5, 5.41) is 7.80. The third-order valence-electron chi connectivity index (χ3n) is 4.08. The van der Waals surface area contributed by atoms with E-state index in [0.717, 1.165) is 5.69 Å². The molecule has 2 amide bonds. The molecular formula is C20H21N3O3S. The molecule has 0 fully saturated rings. The molecule has 1 aromatic carbocycles. The highest BCUT2D eigenvalue weighted by atomic mass is 32.1. The van der Waals surface area contributed by atoms with Crippen LogP contribution in [0.5, 0.6) is 0 Å². The fourth-order valence-corrected chi connectivity index (χ4v) is 3.26. The van der Waals surface area contributed by atoms with E-state index in [1.807, 2.05) is 24.3 Å². The summed E-state index contributed by atoms with van der Waals surface area (Å²) in [4.78, 5) is 28.7. The van der Waals surface area contributed by atoms with Crippen molar-refractivity contribution >= 4 is 34.0 Å². The molecule has 0 saturated heterocycles. The Morgan fingerprint density at radius 1 is 1.15 bits per heavy atom. The predicted molar refractivity (Wildman–Crippen MR) is 106 cm³/mol. The molecule has 0 aliphatic heterocycles. The van der Waals surface area contributed by atoms with E-state index >= 15 is 0 Å². The van der Waals surface area contributed by atoms with Crippen molar-refractivity contribution in [3.8, 4) is 0 Å². The molecule has 3 aromatic rings.